The maximum Gasteiger partial charge on any atom is 0.294 e. The van der Waals surface area contributed by atoms with Gasteiger partial charge in [0.2, 0.25) is 0 Å². The zero-order valence-corrected chi connectivity index (χ0v) is 14.9. The van der Waals surface area contributed by atoms with Crippen molar-refractivity contribution in [2.75, 3.05) is 13.7 Å². The molecule has 0 unspecified atom stereocenters. The Morgan fingerprint density at radius 3 is 2.77 bits per heavy atom. The molecule has 0 radical (unpaired) electrons. The van der Waals surface area contributed by atoms with Gasteiger partial charge < -0.3 is 14.5 Å². The summed E-state index contributed by atoms with van der Waals surface area (Å²) in [4.78, 5) is 25.0. The quantitative estimate of drug-likeness (QED) is 0.409. The van der Waals surface area contributed by atoms with E-state index in [1.54, 1.807) is 34.9 Å². The summed E-state index contributed by atoms with van der Waals surface area (Å²) in [5, 5.41) is 2.95. The topological polar surface area (TPSA) is 59.8 Å². The molecule has 26 heavy (non-hydrogen) atoms. The molecule has 5 nitrogen and oxygen atoms in total. The summed E-state index contributed by atoms with van der Waals surface area (Å²) in [7, 11) is 1.53. The zero-order chi connectivity index (χ0) is 18.7. The van der Waals surface area contributed by atoms with Crippen LogP contribution in [0, 0.1) is 0 Å². The number of halogens is 1. The second-order valence-corrected chi connectivity index (χ2v) is 5.99. The first kappa shape index (κ1) is 17.8. The van der Waals surface area contributed by atoms with Crippen LogP contribution in [0.1, 0.15) is 10.5 Å². The van der Waals surface area contributed by atoms with Gasteiger partial charge in [-0.25, -0.2) is 0 Å². The molecule has 0 saturated carbocycles. The van der Waals surface area contributed by atoms with Crippen LogP contribution in [0.3, 0.4) is 0 Å². The van der Waals surface area contributed by atoms with Gasteiger partial charge in [0.05, 0.1) is 12.1 Å². The Morgan fingerprint density at radius 2 is 2.08 bits per heavy atom. The van der Waals surface area contributed by atoms with Crippen LogP contribution in [-0.4, -0.2) is 29.7 Å². The number of methoxy groups -OCH3 is 1. The fourth-order valence-corrected chi connectivity index (χ4v) is 3.02. The van der Waals surface area contributed by atoms with E-state index in [-0.39, 0.29) is 12.2 Å². The highest BCUT2D eigenvalue weighted by atomic mass is 35.5. The molecule has 0 spiro atoms. The molecule has 0 saturated heterocycles. The first-order valence-electron chi connectivity index (χ1n) is 7.94. The summed E-state index contributed by atoms with van der Waals surface area (Å²) in [5.41, 5.74) is 2.43. The van der Waals surface area contributed by atoms with Crippen molar-refractivity contribution in [3.63, 3.8) is 0 Å². The predicted molar refractivity (Wildman–Crippen MR) is 102 cm³/mol. The lowest BCUT2D eigenvalue weighted by atomic mass is 10.0. The number of benzene rings is 1. The van der Waals surface area contributed by atoms with Gasteiger partial charge in [0, 0.05) is 23.8 Å². The Balaban J connectivity index is 2.16. The second kappa shape index (κ2) is 7.45. The maximum atomic E-state index is 12.8. The molecule has 2 aromatic heterocycles. The van der Waals surface area contributed by atoms with E-state index < -0.39 is 11.7 Å². The Bertz CT molecular complexity index is 1010. The van der Waals surface area contributed by atoms with Crippen LogP contribution < -0.4 is 10.1 Å². The summed E-state index contributed by atoms with van der Waals surface area (Å²) in [6.45, 7) is 3.76. The van der Waals surface area contributed by atoms with Crippen molar-refractivity contribution < 1.29 is 14.3 Å². The van der Waals surface area contributed by atoms with Crippen LogP contribution in [0.15, 0.2) is 61.3 Å². The summed E-state index contributed by atoms with van der Waals surface area (Å²) in [5.74, 6) is -0.773. The molecule has 1 aromatic carbocycles. The van der Waals surface area contributed by atoms with E-state index in [1.807, 2.05) is 18.2 Å². The molecule has 132 valence electrons. The van der Waals surface area contributed by atoms with Crippen molar-refractivity contribution in [1.82, 2.24) is 9.72 Å². The summed E-state index contributed by atoms with van der Waals surface area (Å²) in [6, 6.07) is 12.6. The molecule has 1 amide bonds. The van der Waals surface area contributed by atoms with E-state index in [9.17, 15) is 9.59 Å². The van der Waals surface area contributed by atoms with E-state index in [2.05, 4.69) is 11.9 Å². The molecule has 0 bridgehead atoms. The first-order valence-corrected chi connectivity index (χ1v) is 8.32. The molecule has 0 aliphatic heterocycles. The Morgan fingerprint density at radius 1 is 1.27 bits per heavy atom. The number of ketones is 1. The molecule has 0 aliphatic carbocycles. The summed E-state index contributed by atoms with van der Waals surface area (Å²) < 4.78 is 6.88. The van der Waals surface area contributed by atoms with Crippen molar-refractivity contribution in [3.8, 4) is 16.9 Å². The van der Waals surface area contributed by atoms with Gasteiger partial charge in [-0.3, -0.25) is 9.59 Å². The van der Waals surface area contributed by atoms with Crippen LogP contribution in [-0.2, 0) is 4.79 Å². The van der Waals surface area contributed by atoms with Crippen molar-refractivity contribution >= 4 is 28.8 Å². The van der Waals surface area contributed by atoms with Crippen LogP contribution in [0.4, 0.5) is 0 Å². The van der Waals surface area contributed by atoms with E-state index in [4.69, 9.17) is 16.3 Å². The van der Waals surface area contributed by atoms with Crippen LogP contribution in [0.5, 0.6) is 5.75 Å². The molecule has 6 heteroatoms. The molecule has 3 aromatic rings. The van der Waals surface area contributed by atoms with E-state index in [0.717, 1.165) is 11.1 Å². The van der Waals surface area contributed by atoms with Gasteiger partial charge in [0.1, 0.15) is 11.4 Å². The largest absolute Gasteiger partial charge is 0.495 e. The Hall–Kier alpha value is -3.05. The van der Waals surface area contributed by atoms with E-state index in [0.29, 0.717) is 16.3 Å². The average Bonchev–Trinajstić information content (AvgIpc) is 3.04. The molecule has 3 rings (SSSR count). The molecule has 0 fully saturated rings. The minimum Gasteiger partial charge on any atom is -0.495 e. The summed E-state index contributed by atoms with van der Waals surface area (Å²) >= 11 is 6.23. The van der Waals surface area contributed by atoms with Crippen molar-refractivity contribution in [2.24, 2.45) is 0 Å². The number of nitrogens with zero attached hydrogens (tertiary/aromatic N) is 1. The highest BCUT2D eigenvalue weighted by Gasteiger charge is 2.24. The Kier molecular flexibility index (Phi) is 5.09. The standard InChI is InChI=1S/C20H17ClN2O3/c1-3-9-22-20(25)19(24)18-15(12-14-6-4-5-10-23(14)18)13-7-8-17(26-2)16(21)11-13/h3-8,10-12H,1,9H2,2H3,(H,22,25). The number of carbonyl (C=O) groups is 2. The number of Topliss-reactive ketones (excluding diaryl/α,β-unsaturated/α-hetero) is 1. The zero-order valence-electron chi connectivity index (χ0n) is 14.2. The molecular weight excluding hydrogens is 352 g/mol. The smallest absolute Gasteiger partial charge is 0.294 e. The lowest BCUT2D eigenvalue weighted by molar-refractivity contribution is -0.116. The van der Waals surface area contributed by atoms with Gasteiger partial charge in [-0.2, -0.15) is 0 Å². The van der Waals surface area contributed by atoms with Gasteiger partial charge in [-0.1, -0.05) is 29.8 Å². The number of nitrogens with one attached hydrogen (secondary N) is 1. The third kappa shape index (κ3) is 3.21. The van der Waals surface area contributed by atoms with E-state index in [1.165, 1.54) is 13.2 Å². The van der Waals surface area contributed by atoms with Gasteiger partial charge in [-0.15, -0.1) is 6.58 Å². The number of fused-ring (bicyclic) bond motifs is 1. The average molecular weight is 369 g/mol. The van der Waals surface area contributed by atoms with Crippen LogP contribution in [0.25, 0.3) is 16.6 Å². The van der Waals surface area contributed by atoms with Gasteiger partial charge in [0.25, 0.3) is 11.7 Å². The number of ether oxygens (including phenoxy) is 1. The number of hydrogen-bond acceptors (Lipinski definition) is 3. The van der Waals surface area contributed by atoms with Gasteiger partial charge in [-0.05, 0) is 35.9 Å². The summed E-state index contributed by atoms with van der Waals surface area (Å²) in [6.07, 6.45) is 3.27. The number of amides is 1. The van der Waals surface area contributed by atoms with Gasteiger partial charge in [0.15, 0.2) is 0 Å². The fourth-order valence-electron chi connectivity index (χ4n) is 2.76. The fraction of sp³-hybridized carbons (Fsp3) is 0.100. The van der Waals surface area contributed by atoms with Crippen molar-refractivity contribution in [2.45, 2.75) is 0 Å². The highest BCUT2D eigenvalue weighted by Crippen LogP contribution is 2.33. The van der Waals surface area contributed by atoms with E-state index >= 15 is 0 Å². The number of pyridine rings is 1. The third-order valence-corrected chi connectivity index (χ3v) is 4.27. The number of hydrogen-bond donors (Lipinski definition) is 1. The number of rotatable bonds is 6. The molecule has 1 N–H and O–H groups in total. The molecule has 2 heterocycles. The molecular formula is C20H17ClN2O3. The van der Waals surface area contributed by atoms with Crippen LogP contribution in [0.2, 0.25) is 5.02 Å². The minimum atomic E-state index is -0.686. The van der Waals surface area contributed by atoms with Crippen LogP contribution >= 0.6 is 11.6 Å². The van der Waals surface area contributed by atoms with Gasteiger partial charge >= 0.3 is 0 Å². The SMILES string of the molecule is C=CCNC(=O)C(=O)c1c(-c2ccc(OC)c(Cl)c2)cc2ccccn12. The predicted octanol–water partition coefficient (Wildman–Crippen LogP) is 3.75. The highest BCUT2D eigenvalue weighted by molar-refractivity contribution is 6.43. The molecule has 0 aliphatic rings. The lowest BCUT2D eigenvalue weighted by Gasteiger charge is -2.08. The third-order valence-electron chi connectivity index (χ3n) is 3.97. The van der Waals surface area contributed by atoms with Crippen molar-refractivity contribution in [1.29, 1.82) is 0 Å². The number of aromatic nitrogens is 1. The first-order chi connectivity index (χ1) is 12.6. The maximum absolute atomic E-state index is 12.8. The Labute approximate surface area is 155 Å². The lowest BCUT2D eigenvalue weighted by Crippen LogP contribution is -2.32. The van der Waals surface area contributed by atoms with Crippen molar-refractivity contribution in [3.05, 3.63) is 72.0 Å². The molecule has 0 atom stereocenters. The monoisotopic (exact) mass is 368 g/mol. The second-order valence-electron chi connectivity index (χ2n) is 5.58. The minimum absolute atomic E-state index is 0.220. The number of carbonyl (C=O) groups excluding carboxylic acids is 2. The normalized spacial score (nSPS) is 10.5.